The Morgan fingerprint density at radius 1 is 0.960 bits per heavy atom. The zero-order valence-corrected chi connectivity index (χ0v) is 14.2. The monoisotopic (exact) mass is 352 g/mol. The van der Waals surface area contributed by atoms with E-state index in [1.807, 2.05) is 30.3 Å². The minimum absolute atomic E-state index is 0.260. The molecule has 2 amide bonds. The number of carbonyl (C=O) groups is 1. The molecule has 0 unspecified atom stereocenters. The van der Waals surface area contributed by atoms with Crippen molar-refractivity contribution in [1.82, 2.24) is 15.3 Å². The number of benzene rings is 2. The van der Waals surface area contributed by atoms with Crippen molar-refractivity contribution in [3.05, 3.63) is 77.6 Å². The van der Waals surface area contributed by atoms with Crippen molar-refractivity contribution in [2.45, 2.75) is 6.42 Å². The molecule has 0 aliphatic rings. The van der Waals surface area contributed by atoms with E-state index >= 15 is 0 Å². The van der Waals surface area contributed by atoms with Gasteiger partial charge in [0.2, 0.25) is 0 Å². The number of nitrogens with zero attached hydrogens (tertiary/aromatic N) is 2. The fourth-order valence-corrected chi connectivity index (χ4v) is 2.38. The molecule has 2 aromatic carbocycles. The van der Waals surface area contributed by atoms with Gasteiger partial charge in [0.05, 0.1) is 0 Å². The highest BCUT2D eigenvalue weighted by molar-refractivity contribution is 6.30. The highest BCUT2D eigenvalue weighted by atomic mass is 35.5. The Bertz CT molecular complexity index is 820. The molecular weight excluding hydrogens is 336 g/mol. The van der Waals surface area contributed by atoms with Gasteiger partial charge in [-0.1, -0.05) is 41.9 Å². The van der Waals surface area contributed by atoms with Crippen LogP contribution in [0.15, 0.2) is 67.0 Å². The van der Waals surface area contributed by atoms with Crippen LogP contribution in [0.1, 0.15) is 5.56 Å². The summed E-state index contributed by atoms with van der Waals surface area (Å²) in [6, 6.07) is 16.5. The first-order chi connectivity index (χ1) is 12.2. The summed E-state index contributed by atoms with van der Waals surface area (Å²) in [5, 5.41) is 6.18. The van der Waals surface area contributed by atoms with Crippen LogP contribution in [0, 0.1) is 0 Å². The van der Waals surface area contributed by atoms with E-state index in [1.165, 1.54) is 0 Å². The van der Waals surface area contributed by atoms with Crippen LogP contribution in [0.3, 0.4) is 0 Å². The van der Waals surface area contributed by atoms with Crippen LogP contribution in [0.25, 0.3) is 11.4 Å². The van der Waals surface area contributed by atoms with Gasteiger partial charge < -0.3 is 10.6 Å². The summed E-state index contributed by atoms with van der Waals surface area (Å²) in [4.78, 5) is 20.6. The van der Waals surface area contributed by atoms with E-state index in [-0.39, 0.29) is 6.03 Å². The zero-order chi connectivity index (χ0) is 17.5. The van der Waals surface area contributed by atoms with Crippen LogP contribution < -0.4 is 10.6 Å². The summed E-state index contributed by atoms with van der Waals surface area (Å²) in [5.74, 6) is 0.692. The highest BCUT2D eigenvalue weighted by Crippen LogP contribution is 2.14. The summed E-state index contributed by atoms with van der Waals surface area (Å²) in [5.41, 5.74) is 2.64. The van der Waals surface area contributed by atoms with Crippen LogP contribution in [0.4, 0.5) is 10.5 Å². The first-order valence-corrected chi connectivity index (χ1v) is 8.25. The summed E-state index contributed by atoms with van der Waals surface area (Å²) < 4.78 is 0. The Hall–Kier alpha value is -2.92. The molecule has 0 saturated carbocycles. The molecule has 0 bridgehead atoms. The second-order valence-electron chi connectivity index (χ2n) is 5.42. The molecule has 6 heteroatoms. The first-order valence-electron chi connectivity index (χ1n) is 7.87. The number of aromatic nitrogens is 2. The van der Waals surface area contributed by atoms with Crippen LogP contribution in [0.2, 0.25) is 5.02 Å². The third-order valence-electron chi connectivity index (χ3n) is 3.54. The van der Waals surface area contributed by atoms with E-state index < -0.39 is 0 Å². The van der Waals surface area contributed by atoms with Crippen molar-refractivity contribution in [2.75, 3.05) is 11.9 Å². The van der Waals surface area contributed by atoms with Crippen molar-refractivity contribution in [1.29, 1.82) is 0 Å². The molecule has 0 fully saturated rings. The molecule has 1 heterocycles. The molecule has 3 aromatic rings. The molecule has 0 radical (unpaired) electrons. The van der Waals surface area contributed by atoms with Gasteiger partial charge in [-0.25, -0.2) is 14.8 Å². The first kappa shape index (κ1) is 16.9. The van der Waals surface area contributed by atoms with Gasteiger partial charge in [0.15, 0.2) is 5.82 Å². The quantitative estimate of drug-likeness (QED) is 0.724. The van der Waals surface area contributed by atoms with Crippen LogP contribution in [0.5, 0.6) is 0 Å². The number of urea groups is 1. The molecule has 0 atom stereocenters. The van der Waals surface area contributed by atoms with E-state index in [4.69, 9.17) is 11.6 Å². The Morgan fingerprint density at radius 3 is 2.32 bits per heavy atom. The molecule has 0 spiro atoms. The molecule has 0 aliphatic heterocycles. The number of hydrogen-bond acceptors (Lipinski definition) is 3. The molecule has 5 nitrogen and oxygen atoms in total. The number of nitrogens with one attached hydrogen (secondary N) is 2. The smallest absolute Gasteiger partial charge is 0.319 e. The van der Waals surface area contributed by atoms with Crippen molar-refractivity contribution >= 4 is 23.3 Å². The van der Waals surface area contributed by atoms with Crippen molar-refractivity contribution in [2.24, 2.45) is 0 Å². The predicted octanol–water partition coefficient (Wildman–Crippen LogP) is 4.16. The van der Waals surface area contributed by atoms with Crippen LogP contribution in [-0.4, -0.2) is 22.5 Å². The van der Waals surface area contributed by atoms with Crippen molar-refractivity contribution in [3.63, 3.8) is 0 Å². The number of amides is 2. The van der Waals surface area contributed by atoms with Crippen LogP contribution >= 0.6 is 11.6 Å². The standard InChI is InChI=1S/C19H17ClN4O/c20-16-6-8-17(9-7-16)24-19(25)21-11-10-14-12-22-18(23-13-14)15-4-2-1-3-5-15/h1-9,12-13H,10-11H2,(H2,21,24,25). The third-order valence-corrected chi connectivity index (χ3v) is 3.79. The lowest BCUT2D eigenvalue weighted by molar-refractivity contribution is 0.252. The Morgan fingerprint density at radius 2 is 1.64 bits per heavy atom. The van der Waals surface area contributed by atoms with E-state index in [1.54, 1.807) is 36.7 Å². The number of anilines is 1. The summed E-state index contributed by atoms with van der Waals surface area (Å²) in [7, 11) is 0. The van der Waals surface area contributed by atoms with Gasteiger partial charge in [-0.2, -0.15) is 0 Å². The van der Waals surface area contributed by atoms with Crippen LogP contribution in [-0.2, 0) is 6.42 Å². The van der Waals surface area contributed by atoms with Crippen molar-refractivity contribution < 1.29 is 4.79 Å². The summed E-state index contributed by atoms with van der Waals surface area (Å²) >= 11 is 5.81. The summed E-state index contributed by atoms with van der Waals surface area (Å²) in [6.45, 7) is 0.494. The van der Waals surface area contributed by atoms with Crippen molar-refractivity contribution in [3.8, 4) is 11.4 Å². The minimum atomic E-state index is -0.260. The van der Waals surface area contributed by atoms with Gasteiger partial charge in [0, 0.05) is 35.2 Å². The number of halogens is 1. The predicted molar refractivity (Wildman–Crippen MR) is 99.6 cm³/mol. The second kappa shape index (κ2) is 8.26. The Balaban J connectivity index is 1.47. The second-order valence-corrected chi connectivity index (χ2v) is 5.86. The van der Waals surface area contributed by atoms with E-state index in [9.17, 15) is 4.79 Å². The molecule has 25 heavy (non-hydrogen) atoms. The number of rotatable bonds is 5. The lowest BCUT2D eigenvalue weighted by Crippen LogP contribution is -2.30. The van der Waals surface area contributed by atoms with E-state index in [2.05, 4.69) is 20.6 Å². The third kappa shape index (κ3) is 5.02. The maximum atomic E-state index is 11.8. The average Bonchev–Trinajstić information content (AvgIpc) is 2.65. The van der Waals surface area contributed by atoms with Gasteiger partial charge in [0.25, 0.3) is 0 Å². The van der Waals surface area contributed by atoms with Gasteiger partial charge in [-0.05, 0) is 36.2 Å². The molecule has 2 N–H and O–H groups in total. The SMILES string of the molecule is O=C(NCCc1cnc(-c2ccccc2)nc1)Nc1ccc(Cl)cc1. The molecule has 1 aromatic heterocycles. The van der Waals surface area contributed by atoms with Gasteiger partial charge in [-0.3, -0.25) is 0 Å². The zero-order valence-electron chi connectivity index (χ0n) is 13.4. The largest absolute Gasteiger partial charge is 0.338 e. The normalized spacial score (nSPS) is 10.3. The van der Waals surface area contributed by atoms with E-state index in [0.29, 0.717) is 29.5 Å². The minimum Gasteiger partial charge on any atom is -0.338 e. The fraction of sp³-hybridized carbons (Fsp3) is 0.105. The molecule has 3 rings (SSSR count). The van der Waals surface area contributed by atoms with E-state index in [0.717, 1.165) is 11.1 Å². The fourth-order valence-electron chi connectivity index (χ4n) is 2.25. The highest BCUT2D eigenvalue weighted by Gasteiger charge is 2.03. The average molecular weight is 353 g/mol. The number of hydrogen-bond donors (Lipinski definition) is 2. The molecular formula is C19H17ClN4O. The molecule has 0 aliphatic carbocycles. The maximum Gasteiger partial charge on any atom is 0.319 e. The summed E-state index contributed by atoms with van der Waals surface area (Å²) in [6.07, 6.45) is 4.23. The molecule has 126 valence electrons. The van der Waals surface area contributed by atoms with Gasteiger partial charge >= 0.3 is 6.03 Å². The lowest BCUT2D eigenvalue weighted by Gasteiger charge is -2.08. The van der Waals surface area contributed by atoms with Gasteiger partial charge in [-0.15, -0.1) is 0 Å². The topological polar surface area (TPSA) is 66.9 Å². The Kier molecular flexibility index (Phi) is 5.59. The Labute approximate surface area is 151 Å². The molecule has 0 saturated heterocycles. The lowest BCUT2D eigenvalue weighted by atomic mass is 10.2. The number of carbonyl (C=O) groups excluding carboxylic acids is 1. The maximum absolute atomic E-state index is 11.8. The van der Waals surface area contributed by atoms with Gasteiger partial charge in [0.1, 0.15) is 0 Å².